The molecule has 0 fully saturated rings. The molecule has 0 heterocycles. The van der Waals surface area contributed by atoms with Gasteiger partial charge >= 0.3 is 7.82 Å². The molecular weight excluding hydrogens is 291 g/mol. The first kappa shape index (κ1) is 14.1. The van der Waals surface area contributed by atoms with Gasteiger partial charge in [-0.25, -0.2) is 8.54 Å². The summed E-state index contributed by atoms with van der Waals surface area (Å²) >= 11 is 0.575. The van der Waals surface area contributed by atoms with Gasteiger partial charge in [-0.05, 0) is 16.9 Å². The fourth-order valence-corrected chi connectivity index (χ4v) is 4.90. The summed E-state index contributed by atoms with van der Waals surface area (Å²) in [7, 11) is -2.23. The average Bonchev–Trinajstić information content (AvgIpc) is 2.23. The van der Waals surface area contributed by atoms with Crippen LogP contribution in [0.1, 0.15) is 10.4 Å². The lowest BCUT2D eigenvalue weighted by atomic mass is 10.2. The number of hydrogen-bond donors (Lipinski definition) is 2. The molecule has 0 unspecified atom stereocenters. The fourth-order valence-electron chi connectivity index (χ4n) is 0.756. The van der Waals surface area contributed by atoms with E-state index in [9.17, 15) is 9.36 Å². The first-order valence-corrected chi connectivity index (χ1v) is 8.76. The molecule has 0 aliphatic heterocycles. The van der Waals surface area contributed by atoms with Crippen LogP contribution in [-0.2, 0) is 8.54 Å². The van der Waals surface area contributed by atoms with E-state index < -0.39 is 7.82 Å². The average molecular weight is 298 g/mol. The predicted octanol–water partition coefficient (Wildman–Crippen LogP) is 2.91. The molecular formula is C7H7O5PS3. The first-order valence-electron chi connectivity index (χ1n) is 3.82. The maximum Gasteiger partial charge on any atom is 0.481 e. The van der Waals surface area contributed by atoms with Gasteiger partial charge in [-0.15, -0.1) is 0 Å². The van der Waals surface area contributed by atoms with Crippen LogP contribution in [0.3, 0.4) is 0 Å². The molecule has 2 N–H and O–H groups in total. The van der Waals surface area contributed by atoms with Crippen molar-refractivity contribution in [3.8, 4) is 0 Å². The van der Waals surface area contributed by atoms with Gasteiger partial charge in [-0.2, -0.15) is 0 Å². The highest BCUT2D eigenvalue weighted by molar-refractivity contribution is 9.08. The van der Waals surface area contributed by atoms with E-state index in [1.54, 1.807) is 24.3 Å². The first-order chi connectivity index (χ1) is 7.53. The van der Waals surface area contributed by atoms with Crippen LogP contribution in [0.4, 0.5) is 0 Å². The lowest BCUT2D eigenvalue weighted by molar-refractivity contribution is 0.112. The van der Waals surface area contributed by atoms with E-state index in [0.717, 1.165) is 16.1 Å². The van der Waals surface area contributed by atoms with Crippen LogP contribution in [0.25, 0.3) is 0 Å². The summed E-state index contributed by atoms with van der Waals surface area (Å²) < 4.78 is 14.5. The number of phosphoric acid groups is 1. The minimum Gasteiger partial charge on any atom is -0.302 e. The van der Waals surface area contributed by atoms with Gasteiger partial charge in [0.2, 0.25) is 0 Å². The van der Waals surface area contributed by atoms with Crippen molar-refractivity contribution in [2.45, 2.75) is 4.90 Å². The summed E-state index contributed by atoms with van der Waals surface area (Å²) in [6, 6.07) is 6.89. The van der Waals surface area contributed by atoms with Crippen molar-refractivity contribution in [1.29, 1.82) is 0 Å². The van der Waals surface area contributed by atoms with E-state index in [1.165, 1.54) is 10.8 Å². The molecule has 0 bridgehead atoms. The second kappa shape index (κ2) is 6.70. The summed E-state index contributed by atoms with van der Waals surface area (Å²) in [6.07, 6.45) is 0.720. The number of benzene rings is 1. The van der Waals surface area contributed by atoms with E-state index in [2.05, 4.69) is 3.97 Å². The van der Waals surface area contributed by atoms with Gasteiger partial charge in [-0.1, -0.05) is 18.2 Å². The van der Waals surface area contributed by atoms with Crippen molar-refractivity contribution in [3.05, 3.63) is 29.8 Å². The van der Waals surface area contributed by atoms with Gasteiger partial charge in [0, 0.05) is 20.3 Å². The minimum atomic E-state index is -4.45. The highest BCUT2D eigenvalue weighted by Crippen LogP contribution is 2.50. The largest absolute Gasteiger partial charge is 0.481 e. The van der Waals surface area contributed by atoms with Gasteiger partial charge in [0.15, 0.2) is 6.29 Å². The lowest BCUT2D eigenvalue weighted by Gasteiger charge is -2.03. The topological polar surface area (TPSA) is 83.8 Å². The second-order valence-electron chi connectivity index (χ2n) is 2.44. The van der Waals surface area contributed by atoms with Gasteiger partial charge in [0.25, 0.3) is 0 Å². The third kappa shape index (κ3) is 5.40. The normalized spacial score (nSPS) is 11.4. The summed E-state index contributed by atoms with van der Waals surface area (Å²) in [4.78, 5) is 28.2. The van der Waals surface area contributed by atoms with Crippen LogP contribution < -0.4 is 0 Å². The monoisotopic (exact) mass is 298 g/mol. The Balaban J connectivity index is 2.43. The molecule has 0 amide bonds. The summed E-state index contributed by atoms with van der Waals surface area (Å²) in [5.41, 5.74) is 0.525. The fraction of sp³-hybridized carbons (Fsp3) is 0. The zero-order chi connectivity index (χ0) is 12.0. The van der Waals surface area contributed by atoms with Gasteiger partial charge < -0.3 is 9.79 Å². The Bertz CT molecular complexity index is 407. The maximum atomic E-state index is 10.6. The van der Waals surface area contributed by atoms with E-state index >= 15 is 0 Å². The molecule has 0 aromatic heterocycles. The third-order valence-electron chi connectivity index (χ3n) is 1.33. The summed E-state index contributed by atoms with van der Waals surface area (Å²) in [6.45, 7) is 0. The third-order valence-corrected chi connectivity index (χ3v) is 5.59. The molecule has 5 nitrogen and oxygen atoms in total. The standard InChI is InChI=1S/C7H7O5PS3/c8-5-6-3-1-2-4-7(6)14-16-15-12-13(9,10)11/h1-5H,(H2,9,10,11). The van der Waals surface area contributed by atoms with Crippen molar-refractivity contribution >= 4 is 45.8 Å². The second-order valence-corrected chi connectivity index (χ2v) is 7.44. The highest BCUT2D eigenvalue weighted by Gasteiger charge is 2.15. The molecule has 0 saturated heterocycles. The molecule has 16 heavy (non-hydrogen) atoms. The van der Waals surface area contributed by atoms with Crippen LogP contribution in [0, 0.1) is 0 Å². The zero-order valence-electron chi connectivity index (χ0n) is 7.68. The summed E-state index contributed by atoms with van der Waals surface area (Å²) in [5, 5.41) is 0. The van der Waals surface area contributed by atoms with Crippen molar-refractivity contribution in [3.63, 3.8) is 0 Å². The van der Waals surface area contributed by atoms with Crippen LogP contribution in [0.15, 0.2) is 29.2 Å². The number of rotatable bonds is 6. The lowest BCUT2D eigenvalue weighted by Crippen LogP contribution is -1.81. The van der Waals surface area contributed by atoms with E-state index in [4.69, 9.17) is 9.79 Å². The minimum absolute atomic E-state index is 0.525. The predicted molar refractivity (Wildman–Crippen MR) is 66.0 cm³/mol. The van der Waals surface area contributed by atoms with Crippen LogP contribution in [-0.4, -0.2) is 16.1 Å². The smallest absolute Gasteiger partial charge is 0.302 e. The van der Waals surface area contributed by atoms with Crippen molar-refractivity contribution < 1.29 is 23.1 Å². The number of aldehydes is 1. The molecule has 0 spiro atoms. The molecule has 9 heteroatoms. The maximum absolute atomic E-state index is 10.6. The van der Waals surface area contributed by atoms with E-state index in [0.29, 0.717) is 21.5 Å². The highest BCUT2D eigenvalue weighted by atomic mass is 33.5. The number of hydrogen-bond acceptors (Lipinski definition) is 6. The molecule has 0 aliphatic carbocycles. The molecule has 0 atom stereocenters. The Labute approximate surface area is 104 Å². The Morgan fingerprint density at radius 3 is 2.62 bits per heavy atom. The van der Waals surface area contributed by atoms with Gasteiger partial charge in [-0.3, -0.25) is 4.79 Å². The van der Waals surface area contributed by atoms with E-state index in [-0.39, 0.29) is 0 Å². The van der Waals surface area contributed by atoms with Crippen LogP contribution >= 0.6 is 39.5 Å². The Morgan fingerprint density at radius 2 is 2.00 bits per heavy atom. The van der Waals surface area contributed by atoms with Gasteiger partial charge in [0.1, 0.15) is 0 Å². The van der Waals surface area contributed by atoms with Gasteiger partial charge in [0.05, 0.1) is 11.1 Å². The molecule has 1 aromatic carbocycles. The molecule has 0 saturated carbocycles. The molecule has 88 valence electrons. The molecule has 1 rings (SSSR count). The van der Waals surface area contributed by atoms with Crippen LogP contribution in [0.2, 0.25) is 0 Å². The Kier molecular flexibility index (Phi) is 5.91. The van der Waals surface area contributed by atoms with Crippen molar-refractivity contribution in [2.24, 2.45) is 0 Å². The molecule has 0 aliphatic rings. The van der Waals surface area contributed by atoms with Crippen molar-refractivity contribution in [1.82, 2.24) is 0 Å². The summed E-state index contributed by atoms with van der Waals surface area (Å²) in [5.74, 6) is 0. The van der Waals surface area contributed by atoms with E-state index in [1.807, 2.05) is 0 Å². The molecule has 1 aromatic rings. The number of carbonyl (C=O) groups excluding carboxylic acids is 1. The van der Waals surface area contributed by atoms with Crippen LogP contribution in [0.5, 0.6) is 0 Å². The Morgan fingerprint density at radius 1 is 1.31 bits per heavy atom. The quantitative estimate of drug-likeness (QED) is 0.273. The Hall–Kier alpha value is 0.0500. The van der Waals surface area contributed by atoms with Crippen molar-refractivity contribution in [2.75, 3.05) is 0 Å². The SMILES string of the molecule is O=Cc1ccccc1SSSOP(=O)(O)O. The molecule has 0 radical (unpaired) electrons. The zero-order valence-corrected chi connectivity index (χ0v) is 11.0. The number of carbonyl (C=O) groups is 1.